The van der Waals surface area contributed by atoms with Crippen LogP contribution in [0.4, 0.5) is 0 Å². The molecular weight excluding hydrogens is 186 g/mol. The predicted molar refractivity (Wildman–Crippen MR) is 50.7 cm³/mol. The van der Waals surface area contributed by atoms with Crippen molar-refractivity contribution < 1.29 is 8.42 Å². The molecule has 13 heavy (non-hydrogen) atoms. The van der Waals surface area contributed by atoms with Crippen molar-refractivity contribution in [3.8, 4) is 6.07 Å². The lowest BCUT2D eigenvalue weighted by Gasteiger charge is -2.29. The summed E-state index contributed by atoms with van der Waals surface area (Å²) in [5, 5.41) is 8.84. The van der Waals surface area contributed by atoms with E-state index in [1.54, 1.807) is 0 Å². The Hall–Kier alpha value is -0.560. The topological polar surface area (TPSA) is 57.9 Å². The quantitative estimate of drug-likeness (QED) is 0.641. The van der Waals surface area contributed by atoms with Gasteiger partial charge in [0, 0.05) is 0 Å². The van der Waals surface area contributed by atoms with Gasteiger partial charge in [0.1, 0.15) is 0 Å². The fraction of sp³-hybridized carbons (Fsp3) is 0.889. The molecule has 1 rings (SSSR count). The van der Waals surface area contributed by atoms with Gasteiger partial charge in [-0.25, -0.2) is 8.42 Å². The summed E-state index contributed by atoms with van der Waals surface area (Å²) >= 11 is 0. The van der Waals surface area contributed by atoms with Gasteiger partial charge in [0.2, 0.25) is 0 Å². The van der Waals surface area contributed by atoms with Crippen molar-refractivity contribution >= 4 is 9.84 Å². The summed E-state index contributed by atoms with van der Waals surface area (Å²) < 4.78 is 22.6. The highest BCUT2D eigenvalue weighted by Crippen LogP contribution is 2.30. The van der Waals surface area contributed by atoms with Crippen LogP contribution in [0.15, 0.2) is 0 Å². The van der Waals surface area contributed by atoms with E-state index in [1.807, 2.05) is 13.8 Å². The van der Waals surface area contributed by atoms with E-state index in [0.717, 1.165) is 0 Å². The van der Waals surface area contributed by atoms with Crippen molar-refractivity contribution in [2.45, 2.75) is 20.3 Å². The van der Waals surface area contributed by atoms with Gasteiger partial charge < -0.3 is 0 Å². The fourth-order valence-electron chi connectivity index (χ4n) is 1.83. The zero-order valence-corrected chi connectivity index (χ0v) is 8.84. The van der Waals surface area contributed by atoms with Gasteiger partial charge in [-0.1, -0.05) is 13.8 Å². The normalized spacial score (nSPS) is 32.8. The molecule has 1 heterocycles. The Morgan fingerprint density at radius 1 is 1.46 bits per heavy atom. The lowest BCUT2D eigenvalue weighted by molar-refractivity contribution is 0.314. The summed E-state index contributed by atoms with van der Waals surface area (Å²) in [6, 6.07) is 2.21. The van der Waals surface area contributed by atoms with Crippen LogP contribution in [-0.4, -0.2) is 19.9 Å². The molecule has 1 aliphatic heterocycles. The molecule has 74 valence electrons. The van der Waals surface area contributed by atoms with Crippen molar-refractivity contribution in [3.05, 3.63) is 0 Å². The third kappa shape index (κ3) is 2.44. The molecule has 0 amide bonds. The smallest absolute Gasteiger partial charge is 0.150 e. The number of nitrogens with zero attached hydrogens (tertiary/aromatic N) is 1. The molecule has 0 aromatic carbocycles. The highest BCUT2D eigenvalue weighted by Gasteiger charge is 2.34. The Morgan fingerprint density at radius 2 is 2.08 bits per heavy atom. The van der Waals surface area contributed by atoms with Gasteiger partial charge >= 0.3 is 0 Å². The van der Waals surface area contributed by atoms with Crippen molar-refractivity contribution in [1.29, 1.82) is 5.26 Å². The minimum absolute atomic E-state index is 0.0312. The molecule has 2 unspecified atom stereocenters. The van der Waals surface area contributed by atoms with Crippen LogP contribution in [0.3, 0.4) is 0 Å². The first-order valence-electron chi connectivity index (χ1n) is 4.56. The number of rotatable bonds is 1. The van der Waals surface area contributed by atoms with Crippen molar-refractivity contribution in [2.24, 2.45) is 17.8 Å². The Balaban J connectivity index is 2.82. The molecule has 3 nitrogen and oxygen atoms in total. The minimum Gasteiger partial charge on any atom is -0.229 e. The lowest BCUT2D eigenvalue weighted by Crippen LogP contribution is -2.35. The van der Waals surface area contributed by atoms with Crippen LogP contribution < -0.4 is 0 Å². The maximum atomic E-state index is 11.3. The fourth-order valence-corrected chi connectivity index (χ4v) is 3.81. The van der Waals surface area contributed by atoms with Crippen LogP contribution in [0.2, 0.25) is 0 Å². The second kappa shape index (κ2) is 3.67. The van der Waals surface area contributed by atoms with Crippen LogP contribution in [-0.2, 0) is 9.84 Å². The maximum absolute atomic E-state index is 11.3. The molecule has 1 saturated heterocycles. The van der Waals surface area contributed by atoms with Crippen molar-refractivity contribution in [3.63, 3.8) is 0 Å². The van der Waals surface area contributed by atoms with Crippen LogP contribution >= 0.6 is 0 Å². The number of nitriles is 1. The average Bonchev–Trinajstić information content (AvgIpc) is 2.03. The highest BCUT2D eigenvalue weighted by molar-refractivity contribution is 7.91. The molecule has 4 heteroatoms. The molecule has 0 saturated carbocycles. The molecule has 0 bridgehead atoms. The molecule has 1 fully saturated rings. The van der Waals surface area contributed by atoms with Crippen molar-refractivity contribution in [2.75, 3.05) is 11.5 Å². The Bertz CT molecular complexity index is 313. The van der Waals surface area contributed by atoms with E-state index in [-0.39, 0.29) is 29.3 Å². The van der Waals surface area contributed by atoms with Gasteiger partial charge in [0.25, 0.3) is 0 Å². The molecule has 2 atom stereocenters. The first-order valence-corrected chi connectivity index (χ1v) is 6.38. The number of sulfone groups is 1. The minimum atomic E-state index is -2.87. The van der Waals surface area contributed by atoms with Gasteiger partial charge in [-0.15, -0.1) is 0 Å². The SMILES string of the molecule is CC(C)C1CS(=O)(=O)CCC1C#N. The second-order valence-corrected chi connectivity index (χ2v) is 6.28. The number of hydrogen-bond donors (Lipinski definition) is 0. The second-order valence-electron chi connectivity index (χ2n) is 4.05. The Morgan fingerprint density at radius 3 is 2.54 bits per heavy atom. The molecule has 0 spiro atoms. The molecule has 0 radical (unpaired) electrons. The molecule has 0 N–H and O–H groups in total. The third-order valence-electron chi connectivity index (χ3n) is 2.73. The van der Waals surface area contributed by atoms with E-state index in [1.165, 1.54) is 0 Å². The van der Waals surface area contributed by atoms with Crippen LogP contribution in [0.25, 0.3) is 0 Å². The highest BCUT2D eigenvalue weighted by atomic mass is 32.2. The Labute approximate surface area is 79.7 Å². The standard InChI is InChI=1S/C9H15NO2S/c1-7(2)9-6-13(11,12)4-3-8(9)5-10/h7-9H,3-4,6H2,1-2H3. The van der Waals surface area contributed by atoms with E-state index in [4.69, 9.17) is 5.26 Å². The van der Waals surface area contributed by atoms with E-state index in [9.17, 15) is 8.42 Å². The number of hydrogen-bond acceptors (Lipinski definition) is 3. The summed E-state index contributed by atoms with van der Waals surface area (Å²) in [6.07, 6.45) is 0.516. The van der Waals surface area contributed by atoms with Crippen LogP contribution in [0.5, 0.6) is 0 Å². The van der Waals surface area contributed by atoms with E-state index >= 15 is 0 Å². The first-order chi connectivity index (χ1) is 5.96. The summed E-state index contributed by atoms with van der Waals surface area (Å²) in [6.45, 7) is 3.96. The van der Waals surface area contributed by atoms with Crippen molar-refractivity contribution in [1.82, 2.24) is 0 Å². The molecule has 1 aliphatic rings. The molecular formula is C9H15NO2S. The summed E-state index contributed by atoms with van der Waals surface area (Å²) in [5.41, 5.74) is 0. The predicted octanol–water partition coefficient (Wildman–Crippen LogP) is 1.22. The van der Waals surface area contributed by atoms with E-state index < -0.39 is 9.84 Å². The van der Waals surface area contributed by atoms with Crippen LogP contribution in [0.1, 0.15) is 20.3 Å². The molecule has 0 aromatic rings. The van der Waals surface area contributed by atoms with Gasteiger partial charge in [-0.05, 0) is 18.3 Å². The average molecular weight is 201 g/mol. The lowest BCUT2D eigenvalue weighted by atomic mass is 9.84. The summed E-state index contributed by atoms with van der Waals surface area (Å²) in [5.74, 6) is 0.629. The van der Waals surface area contributed by atoms with Crippen LogP contribution in [0, 0.1) is 29.1 Å². The third-order valence-corrected chi connectivity index (χ3v) is 4.48. The Kier molecular flexibility index (Phi) is 2.97. The molecule has 0 aliphatic carbocycles. The zero-order valence-electron chi connectivity index (χ0n) is 8.03. The summed E-state index contributed by atoms with van der Waals surface area (Å²) in [4.78, 5) is 0. The largest absolute Gasteiger partial charge is 0.229 e. The first kappa shape index (κ1) is 10.5. The van der Waals surface area contributed by atoms with E-state index in [0.29, 0.717) is 6.42 Å². The zero-order chi connectivity index (χ0) is 10.1. The summed E-state index contributed by atoms with van der Waals surface area (Å²) in [7, 11) is -2.87. The molecule has 0 aromatic heterocycles. The monoisotopic (exact) mass is 201 g/mol. The maximum Gasteiger partial charge on any atom is 0.150 e. The van der Waals surface area contributed by atoms with Gasteiger partial charge in [0.05, 0.1) is 23.5 Å². The van der Waals surface area contributed by atoms with E-state index in [2.05, 4.69) is 6.07 Å². The van der Waals surface area contributed by atoms with Gasteiger partial charge in [-0.2, -0.15) is 5.26 Å². The van der Waals surface area contributed by atoms with Gasteiger partial charge in [-0.3, -0.25) is 0 Å². The van der Waals surface area contributed by atoms with Gasteiger partial charge in [0.15, 0.2) is 9.84 Å².